The molecule has 0 saturated carbocycles. The monoisotopic (exact) mass is 353 g/mol. The van der Waals surface area contributed by atoms with Crippen LogP contribution < -0.4 is 4.74 Å². The van der Waals surface area contributed by atoms with E-state index in [1.54, 1.807) is 49.7 Å². The summed E-state index contributed by atoms with van der Waals surface area (Å²) in [6.07, 6.45) is 1.57. The number of ether oxygens (including phenoxy) is 1. The quantitative estimate of drug-likeness (QED) is 0.660. The first-order chi connectivity index (χ1) is 12.5. The van der Waals surface area contributed by atoms with Gasteiger partial charge in [-0.2, -0.15) is 5.10 Å². The molecule has 1 amide bonds. The van der Waals surface area contributed by atoms with Gasteiger partial charge < -0.3 is 14.1 Å². The lowest BCUT2D eigenvalue weighted by Gasteiger charge is -2.13. The Labute approximate surface area is 150 Å². The van der Waals surface area contributed by atoms with E-state index >= 15 is 0 Å². The molecule has 1 N–H and O–H groups in total. The Hall–Kier alpha value is -3.35. The van der Waals surface area contributed by atoms with Crippen LogP contribution in [0.25, 0.3) is 0 Å². The van der Waals surface area contributed by atoms with Gasteiger partial charge in [-0.1, -0.05) is 12.1 Å². The summed E-state index contributed by atoms with van der Waals surface area (Å²) in [5.74, 6) is 1.03. The third kappa shape index (κ3) is 4.18. The van der Waals surface area contributed by atoms with E-state index < -0.39 is 0 Å². The average molecular weight is 353 g/mol. The van der Waals surface area contributed by atoms with Gasteiger partial charge in [-0.15, -0.1) is 0 Å². The molecule has 3 aromatic rings. The minimum atomic E-state index is -0.220. The summed E-state index contributed by atoms with van der Waals surface area (Å²) in [6, 6.07) is 12.2. The molecule has 0 atom stereocenters. The van der Waals surface area contributed by atoms with Crippen molar-refractivity contribution in [1.82, 2.24) is 15.1 Å². The molecule has 3 rings (SSSR count). The fourth-order valence-corrected chi connectivity index (χ4v) is 2.41. The van der Waals surface area contributed by atoms with Crippen LogP contribution in [-0.4, -0.2) is 33.8 Å². The molecule has 0 saturated heterocycles. The molecule has 0 radical (unpaired) electrons. The Kier molecular flexibility index (Phi) is 5.17. The van der Waals surface area contributed by atoms with E-state index in [2.05, 4.69) is 10.2 Å². The number of hydrogen-bond acceptors (Lipinski definition) is 5. The second-order valence-corrected chi connectivity index (χ2v) is 5.89. The number of hydrogen-bond donors (Lipinski definition) is 1. The van der Waals surface area contributed by atoms with Crippen molar-refractivity contribution in [3.63, 3.8) is 0 Å². The molecule has 0 aliphatic heterocycles. The van der Waals surface area contributed by atoms with E-state index in [1.807, 2.05) is 6.07 Å². The van der Waals surface area contributed by atoms with Gasteiger partial charge in [-0.3, -0.25) is 14.7 Å². The molecule has 0 aliphatic carbocycles. The number of carbonyl (C=O) groups excluding carboxylic acids is 2. The molecule has 2 heterocycles. The number of H-pyrrole nitrogens is 1. The fourth-order valence-electron chi connectivity index (χ4n) is 2.41. The Balaban J connectivity index is 1.60. The van der Waals surface area contributed by atoms with Gasteiger partial charge >= 0.3 is 0 Å². The molecule has 0 spiro atoms. The second kappa shape index (κ2) is 7.69. The van der Waals surface area contributed by atoms with Gasteiger partial charge in [-0.05, 0) is 37.3 Å². The highest BCUT2D eigenvalue weighted by atomic mass is 16.5. The molecule has 2 aromatic heterocycles. The van der Waals surface area contributed by atoms with Gasteiger partial charge in [0.15, 0.2) is 11.5 Å². The minimum Gasteiger partial charge on any atom is -0.487 e. The molecule has 0 aliphatic rings. The summed E-state index contributed by atoms with van der Waals surface area (Å²) < 4.78 is 10.9. The molecule has 7 nitrogen and oxygen atoms in total. The van der Waals surface area contributed by atoms with Gasteiger partial charge in [0, 0.05) is 12.6 Å². The van der Waals surface area contributed by atoms with Gasteiger partial charge in [0.25, 0.3) is 5.91 Å². The number of aromatic nitrogens is 2. The van der Waals surface area contributed by atoms with E-state index in [1.165, 1.54) is 11.8 Å². The number of carbonyl (C=O) groups is 2. The molecule has 0 unspecified atom stereocenters. The topological polar surface area (TPSA) is 88.4 Å². The van der Waals surface area contributed by atoms with Crippen LogP contribution in [0.4, 0.5) is 0 Å². The highest BCUT2D eigenvalue weighted by Crippen LogP contribution is 2.16. The zero-order chi connectivity index (χ0) is 18.5. The Morgan fingerprint density at radius 2 is 2.08 bits per heavy atom. The van der Waals surface area contributed by atoms with E-state index in [-0.39, 0.29) is 18.3 Å². The van der Waals surface area contributed by atoms with Crippen molar-refractivity contribution in [1.29, 1.82) is 0 Å². The lowest BCUT2D eigenvalue weighted by Crippen LogP contribution is -2.26. The van der Waals surface area contributed by atoms with Gasteiger partial charge in [0.1, 0.15) is 18.1 Å². The Morgan fingerprint density at radius 3 is 2.81 bits per heavy atom. The average Bonchev–Trinajstić information content (AvgIpc) is 3.31. The first-order valence-electron chi connectivity index (χ1n) is 8.09. The lowest BCUT2D eigenvalue weighted by molar-refractivity contribution is 0.0769. The van der Waals surface area contributed by atoms with Gasteiger partial charge in [0.2, 0.25) is 0 Å². The zero-order valence-corrected chi connectivity index (χ0v) is 14.6. The van der Waals surface area contributed by atoms with Crippen molar-refractivity contribution < 1.29 is 18.7 Å². The van der Waals surface area contributed by atoms with Crippen molar-refractivity contribution in [2.75, 3.05) is 7.05 Å². The van der Waals surface area contributed by atoms with Crippen LogP contribution >= 0.6 is 0 Å². The largest absolute Gasteiger partial charge is 0.487 e. The van der Waals surface area contributed by atoms with Gasteiger partial charge in [-0.25, -0.2) is 0 Å². The molecule has 7 heteroatoms. The first kappa shape index (κ1) is 17.5. The summed E-state index contributed by atoms with van der Waals surface area (Å²) in [4.78, 5) is 25.3. The molecular formula is C19H19N3O4. The van der Waals surface area contributed by atoms with E-state index in [4.69, 9.17) is 9.15 Å². The Bertz CT molecular complexity index is 899. The molecular weight excluding hydrogens is 334 g/mol. The van der Waals surface area contributed by atoms with Crippen LogP contribution in [0.1, 0.15) is 39.2 Å². The van der Waals surface area contributed by atoms with Crippen LogP contribution in [-0.2, 0) is 13.2 Å². The predicted molar refractivity (Wildman–Crippen MR) is 93.9 cm³/mol. The van der Waals surface area contributed by atoms with E-state index in [0.717, 1.165) is 0 Å². The number of Topliss-reactive ketones (excluding diaryl/α,β-unsaturated/α-hetero) is 1. The summed E-state index contributed by atoms with van der Waals surface area (Å²) in [6.45, 7) is 2.08. The van der Waals surface area contributed by atoms with Crippen LogP contribution in [0.15, 0.2) is 53.1 Å². The third-order valence-electron chi connectivity index (χ3n) is 3.80. The summed E-state index contributed by atoms with van der Waals surface area (Å²) in [5, 5.41) is 6.84. The van der Waals surface area contributed by atoms with Crippen LogP contribution in [0.3, 0.4) is 0 Å². The standard InChI is InChI=1S/C19H19N3O4/c1-13(23)14-5-3-6-16(9-14)26-12-15-10-18(21-20-15)19(24)22(2)11-17-7-4-8-25-17/h3-10H,11-12H2,1-2H3,(H,20,21). The molecule has 26 heavy (non-hydrogen) atoms. The number of ketones is 1. The molecule has 1 aromatic carbocycles. The number of amides is 1. The number of furan rings is 1. The normalized spacial score (nSPS) is 10.5. The fraction of sp³-hybridized carbons (Fsp3) is 0.211. The molecule has 134 valence electrons. The summed E-state index contributed by atoms with van der Waals surface area (Å²) in [7, 11) is 1.68. The lowest BCUT2D eigenvalue weighted by atomic mass is 10.1. The highest BCUT2D eigenvalue weighted by molar-refractivity contribution is 5.94. The minimum absolute atomic E-state index is 0.0236. The van der Waals surface area contributed by atoms with Crippen LogP contribution in [0, 0.1) is 0 Å². The maximum absolute atomic E-state index is 12.4. The number of aromatic amines is 1. The summed E-state index contributed by atoms with van der Waals surface area (Å²) in [5.41, 5.74) is 1.55. The maximum atomic E-state index is 12.4. The number of nitrogens with zero attached hydrogens (tertiary/aromatic N) is 2. The molecule has 0 fully saturated rings. The van der Waals surface area contributed by atoms with Crippen molar-refractivity contribution in [2.45, 2.75) is 20.1 Å². The highest BCUT2D eigenvalue weighted by Gasteiger charge is 2.16. The number of benzene rings is 1. The van der Waals surface area contributed by atoms with E-state index in [0.29, 0.717) is 35.0 Å². The van der Waals surface area contributed by atoms with Gasteiger partial charge in [0.05, 0.1) is 18.5 Å². The van der Waals surface area contributed by atoms with Crippen molar-refractivity contribution in [2.24, 2.45) is 0 Å². The van der Waals surface area contributed by atoms with Crippen LogP contribution in [0.5, 0.6) is 5.75 Å². The van der Waals surface area contributed by atoms with Crippen molar-refractivity contribution in [3.8, 4) is 5.75 Å². The Morgan fingerprint density at radius 1 is 1.23 bits per heavy atom. The third-order valence-corrected chi connectivity index (χ3v) is 3.80. The summed E-state index contributed by atoms with van der Waals surface area (Å²) >= 11 is 0. The number of nitrogens with one attached hydrogen (secondary N) is 1. The smallest absolute Gasteiger partial charge is 0.274 e. The predicted octanol–water partition coefficient (Wildman–Crippen LogP) is 3.06. The second-order valence-electron chi connectivity index (χ2n) is 5.89. The first-order valence-corrected chi connectivity index (χ1v) is 8.09. The van der Waals surface area contributed by atoms with Crippen molar-refractivity contribution in [3.05, 3.63) is 71.4 Å². The maximum Gasteiger partial charge on any atom is 0.274 e. The molecule has 0 bridgehead atoms. The SMILES string of the molecule is CC(=O)c1cccc(OCc2cc(C(=O)N(C)Cc3ccco3)n[nH]2)c1. The number of rotatable bonds is 7. The zero-order valence-electron chi connectivity index (χ0n) is 14.6. The van der Waals surface area contributed by atoms with Crippen molar-refractivity contribution >= 4 is 11.7 Å². The van der Waals surface area contributed by atoms with Crippen LogP contribution in [0.2, 0.25) is 0 Å². The van der Waals surface area contributed by atoms with E-state index in [9.17, 15) is 9.59 Å².